The number of nitro benzene ring substituents is 1. The number of methoxy groups -OCH3 is 2. The van der Waals surface area contributed by atoms with E-state index in [1.165, 1.54) is 43.3 Å². The lowest BCUT2D eigenvalue weighted by atomic mass is 9.85. The summed E-state index contributed by atoms with van der Waals surface area (Å²) in [5.74, 6) is -6.95. The van der Waals surface area contributed by atoms with Crippen LogP contribution in [0.3, 0.4) is 0 Å². The number of nitrogens with one attached hydrogen (secondary N) is 7. The summed E-state index contributed by atoms with van der Waals surface area (Å²) >= 11 is 0. The van der Waals surface area contributed by atoms with Crippen molar-refractivity contribution in [3.05, 3.63) is 130 Å². The lowest BCUT2D eigenvalue weighted by Crippen LogP contribution is -2.60. The van der Waals surface area contributed by atoms with Crippen LogP contribution in [0.25, 0.3) is 0 Å². The van der Waals surface area contributed by atoms with Gasteiger partial charge in [0.2, 0.25) is 29.5 Å². The van der Waals surface area contributed by atoms with E-state index < -0.39 is 160 Å². The lowest BCUT2D eigenvalue weighted by Gasteiger charge is -2.41. The number of primary amides is 2. The van der Waals surface area contributed by atoms with E-state index in [1.54, 1.807) is 156 Å². The van der Waals surface area contributed by atoms with Gasteiger partial charge in [0.1, 0.15) is 48.0 Å². The summed E-state index contributed by atoms with van der Waals surface area (Å²) in [6, 6.07) is 20.7. The van der Waals surface area contributed by atoms with Crippen molar-refractivity contribution in [2.45, 2.75) is 274 Å². The molecule has 0 unspecified atom stereocenters. The number of amides is 12. The number of aliphatic hydroxyl groups is 1. The number of non-ortho nitro benzene ring substituents is 1. The van der Waals surface area contributed by atoms with Gasteiger partial charge in [-0.25, -0.2) is 28.8 Å². The molecule has 1 aliphatic rings. The van der Waals surface area contributed by atoms with Crippen LogP contribution >= 0.6 is 0 Å². The highest BCUT2D eigenvalue weighted by atomic mass is 16.7. The Morgan fingerprint density at radius 3 is 1.44 bits per heavy atom. The SMILES string of the molecule is CC(C)[C@H](NC(=O)OC(C)(C)C)C(=O)C[C@@H](CCCNC(N)=O)C(=O)Nc1ccc(COC(=O)Oc2ccc([N+](=O)[O-])cc2)cc1.CC[C@H](C)[C@@H]([C@@H](CC(=O)N1CCC[C@H]1[C@H](OC)[C@@H](C)C(=O)C[C@H](C)[C@@H](O)c1ccccc1)OC)N(C)C(=O)[C@@H](NC(=O)[C@H](C(C)C)N(C)C(=O)OCc1ccc(NC(=O)[C@H](CCCNC(N)=O)CC(=O)[C@@H](NC(=O)OC(C)(C)C)C(C)C)cc1)C(C)C. The van der Waals surface area contributed by atoms with Crippen LogP contribution in [0.4, 0.5) is 45.8 Å². The molecule has 12 amide bonds. The standard InChI is InChI=1S/C65H104N8O14.C31H41N5O10/c1-18-41(8)56(51(84-16)36-52(76)73-33-23-27-48(73)58(85-17)43(10)49(74)34-42(9)57(77)45-24-20-19-21-25-45)71(14)61(80)54(39(4)5)69-60(79)55(40(6)7)72(15)64(83)86-37-44-28-30-47(31-29-44)68-59(78)46(26-22-32-67-62(66)81)35-50(75)53(38(2)3)70-63(82)87-65(11,12)13;1-19(2)26(35-29(40)46-31(3,4)5)25(37)17-21(7-6-16-33-28(32)39)27(38)34-22-10-8-20(9-11-22)18-44-30(41)45-24-14-12-23(13-15-24)36(42)43/h19-21,24-25,28-31,38-43,46,48,51,53-58,77H,18,22-23,26-27,32-37H2,1-17H3,(H,68,78)(H,69,79)(H,70,82)(H3,66,67,81);8-15,19,21,26H,6-7,16-18H2,1-5H3,(H,34,38)(H,35,40)(H3,32,33,39)/t41-,42-,43-,46+,48-,51+,53-,54-,55-,56-,57+,58+;21-,26+/m01/s1. The number of likely N-dealkylation sites (tertiary alicyclic amines) is 1. The van der Waals surface area contributed by atoms with E-state index >= 15 is 0 Å². The molecule has 1 fully saturated rings. The number of Topliss-reactive ketones (excluding diaryl/α,β-unsaturated/α-hetero) is 3. The second kappa shape index (κ2) is 55.0. The van der Waals surface area contributed by atoms with Gasteiger partial charge in [-0.1, -0.05) is 144 Å². The Morgan fingerprint density at radius 1 is 0.556 bits per heavy atom. The maximum atomic E-state index is 14.8. The molecule has 4 aromatic rings. The Balaban J connectivity index is 0.000000673. The summed E-state index contributed by atoms with van der Waals surface area (Å²) < 4.78 is 38.5. The Labute approximate surface area is 781 Å². The number of anilines is 2. The molecule has 133 heavy (non-hydrogen) atoms. The number of hydrogen-bond acceptors (Lipinski definition) is 24. The highest BCUT2D eigenvalue weighted by Crippen LogP contribution is 2.34. The van der Waals surface area contributed by atoms with Gasteiger partial charge in [-0.2, -0.15) is 0 Å². The molecule has 37 nitrogen and oxygen atoms in total. The monoisotopic (exact) mass is 1860 g/mol. The minimum atomic E-state index is -1.06. The van der Waals surface area contributed by atoms with Crippen LogP contribution in [0.2, 0.25) is 0 Å². The van der Waals surface area contributed by atoms with Crippen molar-refractivity contribution < 1.29 is 110 Å². The van der Waals surface area contributed by atoms with E-state index in [2.05, 4.69) is 37.2 Å². The van der Waals surface area contributed by atoms with Gasteiger partial charge in [0.05, 0.1) is 53.8 Å². The number of nitro groups is 1. The number of ether oxygens (including phenoxy) is 7. The van der Waals surface area contributed by atoms with Gasteiger partial charge in [-0.05, 0) is 169 Å². The van der Waals surface area contributed by atoms with Crippen molar-refractivity contribution in [1.82, 2.24) is 41.3 Å². The molecule has 0 spiro atoms. The first kappa shape index (κ1) is 113. The summed E-state index contributed by atoms with van der Waals surface area (Å²) in [6.45, 7) is 32.6. The van der Waals surface area contributed by atoms with Crippen LogP contribution in [0, 0.1) is 63.4 Å². The molecule has 4 aromatic carbocycles. The molecule has 738 valence electrons. The normalized spacial score (nSPS) is 15.6. The van der Waals surface area contributed by atoms with Gasteiger partial charge in [0.25, 0.3) is 5.69 Å². The number of alkyl carbamates (subject to hydrolysis) is 2. The van der Waals surface area contributed by atoms with Gasteiger partial charge in [-0.3, -0.25) is 53.4 Å². The van der Waals surface area contributed by atoms with E-state index in [1.807, 2.05) is 71.9 Å². The smallest absolute Gasteiger partial charge is 0.445 e. The van der Waals surface area contributed by atoms with Crippen molar-refractivity contribution in [3.8, 4) is 5.75 Å². The Bertz CT molecular complexity index is 4470. The number of rotatable bonds is 49. The third kappa shape index (κ3) is 38.7. The van der Waals surface area contributed by atoms with Crippen LogP contribution in [0.1, 0.15) is 218 Å². The number of aliphatic hydroxyl groups excluding tert-OH is 1. The van der Waals surface area contributed by atoms with Crippen molar-refractivity contribution in [3.63, 3.8) is 0 Å². The van der Waals surface area contributed by atoms with E-state index in [0.29, 0.717) is 61.2 Å². The van der Waals surface area contributed by atoms with Gasteiger partial charge in [0.15, 0.2) is 11.6 Å². The van der Waals surface area contributed by atoms with Gasteiger partial charge < -0.3 is 96.7 Å². The largest absolute Gasteiger partial charge is 0.514 e. The fraction of sp³-hybridized carbons (Fsp3) is 0.604. The van der Waals surface area contributed by atoms with E-state index in [0.717, 1.165) is 5.56 Å². The second-order valence-corrected chi connectivity index (χ2v) is 37.3. The van der Waals surface area contributed by atoms with Crippen LogP contribution in [-0.2, 0) is 80.0 Å². The Morgan fingerprint density at radius 2 is 1.02 bits per heavy atom. The van der Waals surface area contributed by atoms with Crippen LogP contribution in [0.15, 0.2) is 103 Å². The fourth-order valence-electron chi connectivity index (χ4n) is 15.6. The number of hydrogen-bond donors (Lipinski definition) is 10. The molecule has 0 aromatic heterocycles. The average molecular weight is 1870 g/mol. The maximum Gasteiger partial charge on any atom is 0.514 e. The number of nitrogens with zero attached hydrogens (tertiary/aromatic N) is 4. The minimum Gasteiger partial charge on any atom is -0.445 e. The van der Waals surface area contributed by atoms with Gasteiger partial charge >= 0.3 is 36.5 Å². The molecule has 0 aliphatic carbocycles. The number of benzene rings is 4. The number of ketones is 3. The van der Waals surface area contributed by atoms with Crippen molar-refractivity contribution in [2.24, 2.45) is 64.7 Å². The molecule has 1 aliphatic heterocycles. The van der Waals surface area contributed by atoms with Crippen LogP contribution in [-0.4, -0.2) is 216 Å². The molecule has 37 heteroatoms. The summed E-state index contributed by atoms with van der Waals surface area (Å²) in [4.78, 5) is 199. The summed E-state index contributed by atoms with van der Waals surface area (Å²) in [7, 11) is 6.15. The number of nitrogens with two attached hydrogens (primary N) is 2. The molecular formula is C96H145N13O24. The van der Waals surface area contributed by atoms with Crippen molar-refractivity contribution in [2.75, 3.05) is 58.6 Å². The van der Waals surface area contributed by atoms with Crippen LogP contribution in [0.5, 0.6) is 5.75 Å². The first-order chi connectivity index (χ1) is 62.3. The molecule has 12 N–H and O–H groups in total. The zero-order valence-corrected chi connectivity index (χ0v) is 81.3. The fourth-order valence-corrected chi connectivity index (χ4v) is 15.6. The summed E-state index contributed by atoms with van der Waals surface area (Å²) in [5, 5.41) is 40.5. The molecule has 1 saturated heterocycles. The predicted molar refractivity (Wildman–Crippen MR) is 500 cm³/mol. The number of urea groups is 2. The predicted octanol–water partition coefficient (Wildman–Crippen LogP) is 13.0. The third-order valence-corrected chi connectivity index (χ3v) is 22.9. The van der Waals surface area contributed by atoms with Gasteiger partial charge in [-0.15, -0.1) is 0 Å². The van der Waals surface area contributed by atoms with E-state index in [-0.39, 0.29) is 123 Å². The first-order valence-corrected chi connectivity index (χ1v) is 45.4. The summed E-state index contributed by atoms with van der Waals surface area (Å²) in [5.41, 5.74) is 11.3. The summed E-state index contributed by atoms with van der Waals surface area (Å²) in [6.07, 6.45) is -2.69. The van der Waals surface area contributed by atoms with Crippen molar-refractivity contribution in [1.29, 1.82) is 0 Å². The molecule has 0 bridgehead atoms. The second-order valence-electron chi connectivity index (χ2n) is 37.3. The van der Waals surface area contributed by atoms with Crippen LogP contribution < -0.4 is 53.4 Å². The molecule has 0 radical (unpaired) electrons. The zero-order valence-electron chi connectivity index (χ0n) is 81.3. The van der Waals surface area contributed by atoms with E-state index in [4.69, 9.17) is 44.6 Å². The number of carbonyl (C=O) groups excluding carboxylic acids is 14. The molecular weight excluding hydrogens is 1720 g/mol. The van der Waals surface area contributed by atoms with Gasteiger partial charge in [0, 0.05) is 108 Å². The highest BCUT2D eigenvalue weighted by molar-refractivity contribution is 5.99. The Kier molecular flexibility index (Phi) is 46.9. The maximum absolute atomic E-state index is 14.8. The average Bonchev–Trinajstić information content (AvgIpc) is 1.70. The van der Waals surface area contributed by atoms with E-state index in [9.17, 15) is 82.3 Å². The molecule has 1 heterocycles. The Hall–Kier alpha value is -11.9. The lowest BCUT2D eigenvalue weighted by molar-refractivity contribution is -0.384. The number of likely N-dealkylation sites (N-methyl/N-ethyl adjacent to an activating group) is 2. The minimum absolute atomic E-state index is 0.0672. The molecule has 14 atom stereocenters. The quantitative estimate of drug-likeness (QED) is 0.00490. The van der Waals surface area contributed by atoms with Crippen molar-refractivity contribution >= 4 is 100 Å². The third-order valence-electron chi connectivity index (χ3n) is 22.9. The number of carbonyl (C=O) groups is 14. The highest BCUT2D eigenvalue weighted by Gasteiger charge is 2.45. The molecule has 5 rings (SSSR count). The molecule has 0 saturated carbocycles. The first-order valence-electron chi connectivity index (χ1n) is 45.4. The zero-order chi connectivity index (χ0) is 100. The topological polar surface area (TPSA) is 513 Å².